The smallest absolute Gasteiger partial charge is 0.291 e. The first-order valence-electron chi connectivity index (χ1n) is 11.3. The molecule has 1 N–H and O–H groups in total. The van der Waals surface area contributed by atoms with Gasteiger partial charge in [-0.25, -0.2) is 13.8 Å². The van der Waals surface area contributed by atoms with E-state index in [1.54, 1.807) is 11.0 Å². The first-order chi connectivity index (χ1) is 15.8. The van der Waals surface area contributed by atoms with Crippen molar-refractivity contribution in [2.75, 3.05) is 13.1 Å². The molecule has 174 valence electrons. The highest BCUT2D eigenvalue weighted by molar-refractivity contribution is 5.90. The zero-order chi connectivity index (χ0) is 23.8. The molecule has 7 nitrogen and oxygen atoms in total. The minimum absolute atomic E-state index is 0.144. The van der Waals surface area contributed by atoms with Crippen LogP contribution in [0.2, 0.25) is 0 Å². The molecule has 2 atom stereocenters. The van der Waals surface area contributed by atoms with E-state index >= 15 is 0 Å². The minimum atomic E-state index is -0.669. The summed E-state index contributed by atoms with van der Waals surface area (Å²) >= 11 is 0. The summed E-state index contributed by atoms with van der Waals surface area (Å²) in [7, 11) is 0. The van der Waals surface area contributed by atoms with E-state index in [1.807, 2.05) is 6.92 Å². The molecule has 0 saturated heterocycles. The van der Waals surface area contributed by atoms with Gasteiger partial charge in [0.15, 0.2) is 0 Å². The highest BCUT2D eigenvalue weighted by Crippen LogP contribution is 2.47. The number of nitrogens with one attached hydrogen (secondary N) is 1. The molecule has 4 rings (SSSR count). The quantitative estimate of drug-likeness (QED) is 0.593. The summed E-state index contributed by atoms with van der Waals surface area (Å²) < 4.78 is 28.8. The summed E-state index contributed by atoms with van der Waals surface area (Å²) in [6, 6.07) is 5.53. The standard InChI is InChI=1S/C24H28F2N6O/c1-5-32(23(33)22-27-13-28-31-22)12-24(14(2)3)10-9-15(4)16-11-19(29-30-21(16)24)20-17(25)7-6-8-18(20)26/h6-8,11,13-15H,5,9-10,12H2,1-4H3,(H,27,28,31)/t15-,24+/m0/s1. The number of carbonyl (C=O) groups is 1. The lowest BCUT2D eigenvalue weighted by molar-refractivity contribution is 0.0657. The second-order valence-corrected chi connectivity index (χ2v) is 9.03. The average Bonchev–Trinajstić information content (AvgIpc) is 3.33. The fraction of sp³-hybridized carbons (Fsp3) is 0.458. The van der Waals surface area contributed by atoms with Crippen molar-refractivity contribution in [3.63, 3.8) is 0 Å². The summed E-state index contributed by atoms with van der Waals surface area (Å²) in [4.78, 5) is 18.8. The van der Waals surface area contributed by atoms with Gasteiger partial charge in [-0.3, -0.25) is 9.89 Å². The van der Waals surface area contributed by atoms with E-state index in [0.717, 1.165) is 24.1 Å². The largest absolute Gasteiger partial charge is 0.335 e. The molecule has 0 aliphatic heterocycles. The van der Waals surface area contributed by atoms with Gasteiger partial charge in [0, 0.05) is 18.5 Å². The van der Waals surface area contributed by atoms with E-state index in [4.69, 9.17) is 0 Å². The van der Waals surface area contributed by atoms with E-state index < -0.39 is 17.0 Å². The molecule has 0 bridgehead atoms. The van der Waals surface area contributed by atoms with Crippen LogP contribution in [-0.4, -0.2) is 49.3 Å². The van der Waals surface area contributed by atoms with Crippen LogP contribution < -0.4 is 0 Å². The lowest BCUT2D eigenvalue weighted by Crippen LogP contribution is -2.49. The van der Waals surface area contributed by atoms with Gasteiger partial charge < -0.3 is 4.90 Å². The monoisotopic (exact) mass is 454 g/mol. The number of rotatable bonds is 6. The number of H-pyrrole nitrogens is 1. The molecule has 1 amide bonds. The maximum Gasteiger partial charge on any atom is 0.291 e. The van der Waals surface area contributed by atoms with Crippen molar-refractivity contribution in [3.8, 4) is 11.3 Å². The highest BCUT2D eigenvalue weighted by Gasteiger charge is 2.45. The fourth-order valence-electron chi connectivity index (χ4n) is 4.81. The molecular weight excluding hydrogens is 426 g/mol. The molecule has 0 unspecified atom stereocenters. The molecule has 0 saturated carbocycles. The summed E-state index contributed by atoms with van der Waals surface area (Å²) in [5, 5.41) is 15.2. The molecule has 0 spiro atoms. The van der Waals surface area contributed by atoms with Crippen LogP contribution >= 0.6 is 0 Å². The maximum absolute atomic E-state index is 14.4. The Bertz CT molecular complexity index is 1130. The Morgan fingerprint density at radius 3 is 2.61 bits per heavy atom. The Balaban J connectivity index is 1.79. The number of amides is 1. The van der Waals surface area contributed by atoms with Gasteiger partial charge in [-0.15, -0.1) is 0 Å². The van der Waals surface area contributed by atoms with Gasteiger partial charge in [0.05, 0.1) is 17.0 Å². The van der Waals surface area contributed by atoms with Crippen LogP contribution in [0, 0.1) is 17.6 Å². The summed E-state index contributed by atoms with van der Waals surface area (Å²) in [5.74, 6) is -1.08. The molecular formula is C24H28F2N6O. The van der Waals surface area contributed by atoms with Gasteiger partial charge in [0.1, 0.15) is 18.0 Å². The number of nitrogens with zero attached hydrogens (tertiary/aromatic N) is 5. The van der Waals surface area contributed by atoms with E-state index in [9.17, 15) is 13.6 Å². The molecule has 1 aliphatic rings. The molecule has 9 heteroatoms. The number of carbonyl (C=O) groups excluding carboxylic acids is 1. The Kier molecular flexibility index (Phi) is 6.23. The van der Waals surface area contributed by atoms with Gasteiger partial charge in [-0.05, 0) is 55.4 Å². The van der Waals surface area contributed by atoms with Crippen LogP contribution in [0.5, 0.6) is 0 Å². The van der Waals surface area contributed by atoms with E-state index in [-0.39, 0.29) is 34.8 Å². The predicted molar refractivity (Wildman–Crippen MR) is 120 cm³/mol. The van der Waals surface area contributed by atoms with Crippen molar-refractivity contribution >= 4 is 5.91 Å². The Morgan fingerprint density at radius 1 is 1.27 bits per heavy atom. The van der Waals surface area contributed by atoms with Crippen LogP contribution in [0.15, 0.2) is 30.6 Å². The normalized spacial score (nSPS) is 20.0. The predicted octanol–water partition coefficient (Wildman–Crippen LogP) is 4.49. The minimum Gasteiger partial charge on any atom is -0.335 e. The zero-order valence-corrected chi connectivity index (χ0v) is 19.3. The van der Waals surface area contributed by atoms with Gasteiger partial charge in [-0.2, -0.15) is 15.3 Å². The zero-order valence-electron chi connectivity index (χ0n) is 19.3. The second kappa shape index (κ2) is 8.96. The van der Waals surface area contributed by atoms with Gasteiger partial charge in [0.25, 0.3) is 5.91 Å². The number of aromatic nitrogens is 5. The number of fused-ring (bicyclic) bond motifs is 1. The van der Waals surface area contributed by atoms with Crippen molar-refractivity contribution in [2.45, 2.75) is 51.9 Å². The van der Waals surface area contributed by atoms with Gasteiger partial charge in [-0.1, -0.05) is 26.8 Å². The van der Waals surface area contributed by atoms with Gasteiger partial charge >= 0.3 is 0 Å². The third kappa shape index (κ3) is 4.00. The van der Waals surface area contributed by atoms with Crippen LogP contribution in [0.25, 0.3) is 11.3 Å². The average molecular weight is 455 g/mol. The van der Waals surface area contributed by atoms with Crippen molar-refractivity contribution in [2.24, 2.45) is 5.92 Å². The van der Waals surface area contributed by atoms with Crippen molar-refractivity contribution in [1.82, 2.24) is 30.3 Å². The fourth-order valence-corrected chi connectivity index (χ4v) is 4.81. The summed E-state index contributed by atoms with van der Waals surface area (Å²) in [6.45, 7) is 9.15. The number of likely N-dealkylation sites (N-methyl/N-ethyl adjacent to an activating group) is 1. The number of hydrogen-bond acceptors (Lipinski definition) is 5. The van der Waals surface area contributed by atoms with Crippen LogP contribution in [0.1, 0.15) is 68.3 Å². The molecule has 2 aromatic heterocycles. The molecule has 33 heavy (non-hydrogen) atoms. The Hall–Kier alpha value is -3.23. The SMILES string of the molecule is CCN(C[C@@]1(C(C)C)CC[C@H](C)c2cc(-c3c(F)cccc3F)nnc21)C(=O)c1ncn[nH]1. The third-order valence-corrected chi connectivity index (χ3v) is 6.93. The Labute approximate surface area is 191 Å². The first-order valence-corrected chi connectivity index (χ1v) is 11.3. The number of hydrogen-bond donors (Lipinski definition) is 1. The van der Waals surface area contributed by atoms with Crippen LogP contribution in [0.3, 0.4) is 0 Å². The van der Waals surface area contributed by atoms with Crippen molar-refractivity contribution < 1.29 is 13.6 Å². The molecule has 1 aromatic carbocycles. The number of aromatic amines is 1. The highest BCUT2D eigenvalue weighted by atomic mass is 19.1. The second-order valence-electron chi connectivity index (χ2n) is 9.03. The van der Waals surface area contributed by atoms with Crippen molar-refractivity contribution in [1.29, 1.82) is 0 Å². The van der Waals surface area contributed by atoms with Gasteiger partial charge in [0.2, 0.25) is 5.82 Å². The van der Waals surface area contributed by atoms with E-state index in [1.165, 1.54) is 24.5 Å². The van der Waals surface area contributed by atoms with Crippen LogP contribution in [-0.2, 0) is 5.41 Å². The number of halogens is 2. The number of benzene rings is 1. The lowest BCUT2D eigenvalue weighted by atomic mass is 9.63. The summed E-state index contributed by atoms with van der Waals surface area (Å²) in [5.41, 5.74) is 1.27. The summed E-state index contributed by atoms with van der Waals surface area (Å²) in [6.07, 6.45) is 3.00. The molecule has 0 radical (unpaired) electrons. The lowest BCUT2D eigenvalue weighted by Gasteiger charge is -2.45. The van der Waals surface area contributed by atoms with E-state index in [2.05, 4.69) is 46.1 Å². The Morgan fingerprint density at radius 2 is 2.00 bits per heavy atom. The molecule has 3 aromatic rings. The first kappa shape index (κ1) is 22.9. The van der Waals surface area contributed by atoms with Crippen molar-refractivity contribution in [3.05, 3.63) is 59.3 Å². The topological polar surface area (TPSA) is 87.7 Å². The third-order valence-electron chi connectivity index (χ3n) is 6.93. The molecule has 2 heterocycles. The van der Waals surface area contributed by atoms with E-state index in [0.29, 0.717) is 13.1 Å². The molecule has 1 aliphatic carbocycles. The molecule has 0 fully saturated rings. The van der Waals surface area contributed by atoms with Crippen LogP contribution in [0.4, 0.5) is 8.78 Å². The maximum atomic E-state index is 14.4.